The summed E-state index contributed by atoms with van der Waals surface area (Å²) in [6, 6.07) is 0. The third-order valence-electron chi connectivity index (χ3n) is 4.10. The van der Waals surface area contributed by atoms with E-state index in [1.54, 1.807) is 0 Å². The molecule has 0 aliphatic carbocycles. The van der Waals surface area contributed by atoms with Gasteiger partial charge in [0.25, 0.3) is 0 Å². The first-order valence-corrected chi connectivity index (χ1v) is 8.99. The molecule has 0 saturated heterocycles. The predicted octanol–water partition coefficient (Wildman–Crippen LogP) is 6.20. The minimum Gasteiger partial charge on any atom is -0.466 e. The Balaban J connectivity index is 3.27. The number of hydrogen-bond acceptors (Lipinski definition) is 2. The van der Waals surface area contributed by atoms with Crippen molar-refractivity contribution in [1.82, 2.24) is 0 Å². The first-order valence-electron chi connectivity index (χ1n) is 8.99. The van der Waals surface area contributed by atoms with Crippen LogP contribution in [-0.4, -0.2) is 13.1 Å². The van der Waals surface area contributed by atoms with Crippen LogP contribution < -0.4 is 0 Å². The number of carbonyl (C=O) groups is 1. The standard InChI is InChI=1S/C19H36O2/c1-4-6-7-8-9-10-11-12-13-14-15-16-17-18(5-2)19(20)21-3/h5H,4,6-17H2,1-3H3/b18-5+. The van der Waals surface area contributed by atoms with Gasteiger partial charge in [-0.1, -0.05) is 83.6 Å². The Morgan fingerprint density at radius 2 is 1.24 bits per heavy atom. The Morgan fingerprint density at radius 1 is 0.810 bits per heavy atom. The first-order chi connectivity index (χ1) is 10.3. The predicted molar refractivity (Wildman–Crippen MR) is 91.5 cm³/mol. The maximum absolute atomic E-state index is 11.4. The van der Waals surface area contributed by atoms with E-state index in [2.05, 4.69) is 6.92 Å². The molecule has 21 heavy (non-hydrogen) atoms. The quantitative estimate of drug-likeness (QED) is 0.217. The summed E-state index contributed by atoms with van der Waals surface area (Å²) in [6.45, 7) is 4.18. The van der Waals surface area contributed by atoms with Crippen molar-refractivity contribution >= 4 is 5.97 Å². The minimum absolute atomic E-state index is 0.166. The van der Waals surface area contributed by atoms with Crippen LogP contribution >= 0.6 is 0 Å². The fourth-order valence-electron chi connectivity index (χ4n) is 2.65. The Labute approximate surface area is 132 Å². The molecule has 0 unspecified atom stereocenters. The van der Waals surface area contributed by atoms with Gasteiger partial charge in [0.1, 0.15) is 0 Å². The molecular weight excluding hydrogens is 260 g/mol. The number of methoxy groups -OCH3 is 1. The molecule has 0 aliphatic heterocycles. The average Bonchev–Trinajstić information content (AvgIpc) is 2.51. The molecule has 0 radical (unpaired) electrons. The smallest absolute Gasteiger partial charge is 0.333 e. The summed E-state index contributed by atoms with van der Waals surface area (Å²) in [7, 11) is 1.45. The number of ether oxygens (including phenoxy) is 1. The maximum atomic E-state index is 11.4. The van der Waals surface area contributed by atoms with Gasteiger partial charge in [0.05, 0.1) is 7.11 Å². The topological polar surface area (TPSA) is 26.3 Å². The highest BCUT2D eigenvalue weighted by Crippen LogP contribution is 2.14. The average molecular weight is 296 g/mol. The largest absolute Gasteiger partial charge is 0.466 e. The number of unbranched alkanes of at least 4 members (excludes halogenated alkanes) is 11. The molecule has 124 valence electrons. The second kappa shape index (κ2) is 15.6. The van der Waals surface area contributed by atoms with Crippen LogP contribution in [0.3, 0.4) is 0 Å². The van der Waals surface area contributed by atoms with E-state index in [1.165, 1.54) is 77.7 Å². The Kier molecular flexibility index (Phi) is 15.0. The fourth-order valence-corrected chi connectivity index (χ4v) is 2.65. The summed E-state index contributed by atoms with van der Waals surface area (Å²) in [4.78, 5) is 11.4. The van der Waals surface area contributed by atoms with E-state index in [1.807, 2.05) is 13.0 Å². The lowest BCUT2D eigenvalue weighted by molar-refractivity contribution is -0.136. The van der Waals surface area contributed by atoms with Crippen LogP contribution in [0.25, 0.3) is 0 Å². The zero-order valence-corrected chi connectivity index (χ0v) is 14.6. The molecule has 0 aromatic rings. The highest BCUT2D eigenvalue weighted by atomic mass is 16.5. The van der Waals surface area contributed by atoms with E-state index >= 15 is 0 Å². The van der Waals surface area contributed by atoms with Gasteiger partial charge in [-0.15, -0.1) is 0 Å². The Morgan fingerprint density at radius 3 is 1.62 bits per heavy atom. The number of rotatable bonds is 14. The van der Waals surface area contributed by atoms with Crippen molar-refractivity contribution < 1.29 is 9.53 Å². The monoisotopic (exact) mass is 296 g/mol. The van der Waals surface area contributed by atoms with Gasteiger partial charge in [0, 0.05) is 5.57 Å². The van der Waals surface area contributed by atoms with E-state index in [9.17, 15) is 4.79 Å². The van der Waals surface area contributed by atoms with Crippen molar-refractivity contribution in [1.29, 1.82) is 0 Å². The second-order valence-electron chi connectivity index (χ2n) is 5.94. The van der Waals surface area contributed by atoms with Gasteiger partial charge in [0.15, 0.2) is 0 Å². The summed E-state index contributed by atoms with van der Waals surface area (Å²) in [5.41, 5.74) is 0.824. The van der Waals surface area contributed by atoms with E-state index in [0.29, 0.717) is 0 Å². The zero-order valence-electron chi connectivity index (χ0n) is 14.6. The first kappa shape index (κ1) is 20.2. The van der Waals surface area contributed by atoms with Crippen LogP contribution in [0.4, 0.5) is 0 Å². The molecule has 2 nitrogen and oxygen atoms in total. The molecule has 0 amide bonds. The lowest BCUT2D eigenvalue weighted by Gasteiger charge is -2.05. The van der Waals surface area contributed by atoms with Crippen LogP contribution in [0.2, 0.25) is 0 Å². The minimum atomic E-state index is -0.166. The lowest BCUT2D eigenvalue weighted by atomic mass is 10.0. The second-order valence-corrected chi connectivity index (χ2v) is 5.94. The lowest BCUT2D eigenvalue weighted by Crippen LogP contribution is -2.04. The number of carbonyl (C=O) groups excluding carboxylic acids is 1. The third-order valence-corrected chi connectivity index (χ3v) is 4.10. The molecule has 0 heterocycles. The van der Waals surface area contributed by atoms with E-state index in [-0.39, 0.29) is 5.97 Å². The molecule has 0 saturated carbocycles. The van der Waals surface area contributed by atoms with E-state index in [0.717, 1.165) is 18.4 Å². The van der Waals surface area contributed by atoms with Gasteiger partial charge < -0.3 is 4.74 Å². The van der Waals surface area contributed by atoms with Crippen LogP contribution in [0.5, 0.6) is 0 Å². The molecule has 0 atom stereocenters. The molecule has 0 bridgehead atoms. The zero-order chi connectivity index (χ0) is 15.8. The van der Waals surface area contributed by atoms with Crippen molar-refractivity contribution in [2.45, 2.75) is 97.3 Å². The Bertz CT molecular complexity index is 269. The molecule has 0 fully saturated rings. The molecule has 2 heteroatoms. The molecular formula is C19H36O2. The maximum Gasteiger partial charge on any atom is 0.333 e. The third kappa shape index (κ3) is 12.6. The van der Waals surface area contributed by atoms with Crippen molar-refractivity contribution in [2.24, 2.45) is 0 Å². The summed E-state index contributed by atoms with van der Waals surface area (Å²) >= 11 is 0. The van der Waals surface area contributed by atoms with Crippen LogP contribution in [0.15, 0.2) is 11.6 Å². The van der Waals surface area contributed by atoms with Gasteiger partial charge in [-0.3, -0.25) is 0 Å². The van der Waals surface area contributed by atoms with Crippen LogP contribution in [-0.2, 0) is 9.53 Å². The van der Waals surface area contributed by atoms with Crippen molar-refractivity contribution in [3.8, 4) is 0 Å². The van der Waals surface area contributed by atoms with Gasteiger partial charge in [0.2, 0.25) is 0 Å². The highest BCUT2D eigenvalue weighted by Gasteiger charge is 2.07. The van der Waals surface area contributed by atoms with Crippen LogP contribution in [0, 0.1) is 0 Å². The highest BCUT2D eigenvalue weighted by molar-refractivity contribution is 5.88. The number of esters is 1. The molecule has 0 spiro atoms. The van der Waals surface area contributed by atoms with Gasteiger partial charge in [-0.25, -0.2) is 4.79 Å². The molecule has 0 aromatic carbocycles. The van der Waals surface area contributed by atoms with Gasteiger partial charge >= 0.3 is 5.97 Å². The van der Waals surface area contributed by atoms with Crippen molar-refractivity contribution in [2.75, 3.05) is 7.11 Å². The normalized spacial score (nSPS) is 11.7. The fraction of sp³-hybridized carbons (Fsp3) is 0.842. The van der Waals surface area contributed by atoms with Gasteiger partial charge in [-0.05, 0) is 19.8 Å². The molecule has 0 aliphatic rings. The van der Waals surface area contributed by atoms with Crippen LogP contribution in [0.1, 0.15) is 97.3 Å². The molecule has 0 rings (SSSR count). The van der Waals surface area contributed by atoms with E-state index < -0.39 is 0 Å². The van der Waals surface area contributed by atoms with Gasteiger partial charge in [-0.2, -0.15) is 0 Å². The summed E-state index contributed by atoms with van der Waals surface area (Å²) in [5, 5.41) is 0. The van der Waals surface area contributed by atoms with Crippen molar-refractivity contribution in [3.63, 3.8) is 0 Å². The molecule has 0 N–H and O–H groups in total. The van der Waals surface area contributed by atoms with E-state index in [4.69, 9.17) is 4.74 Å². The molecule has 0 aromatic heterocycles. The Hall–Kier alpha value is -0.790. The van der Waals surface area contributed by atoms with Crippen molar-refractivity contribution in [3.05, 3.63) is 11.6 Å². The SMILES string of the molecule is C/C=C(\CCCCCCCCCCCCCC)C(=O)OC. The number of allylic oxidation sites excluding steroid dienone is 1. The summed E-state index contributed by atoms with van der Waals surface area (Å²) in [5.74, 6) is -0.166. The summed E-state index contributed by atoms with van der Waals surface area (Å²) < 4.78 is 4.75. The summed E-state index contributed by atoms with van der Waals surface area (Å²) in [6.07, 6.45) is 18.9. The number of hydrogen-bond donors (Lipinski definition) is 0.